The summed E-state index contributed by atoms with van der Waals surface area (Å²) >= 11 is 0. The van der Waals surface area contributed by atoms with Crippen molar-refractivity contribution >= 4 is 5.69 Å². The normalized spacial score (nSPS) is 20.4. The Labute approximate surface area is 128 Å². The summed E-state index contributed by atoms with van der Waals surface area (Å²) in [7, 11) is 1.72. The van der Waals surface area contributed by atoms with E-state index in [1.54, 1.807) is 7.11 Å². The van der Waals surface area contributed by atoms with E-state index in [-0.39, 0.29) is 18.7 Å². The van der Waals surface area contributed by atoms with E-state index in [0.29, 0.717) is 0 Å². The van der Waals surface area contributed by atoms with Crippen molar-refractivity contribution in [3.63, 3.8) is 0 Å². The van der Waals surface area contributed by atoms with Crippen molar-refractivity contribution in [3.05, 3.63) is 23.8 Å². The van der Waals surface area contributed by atoms with Gasteiger partial charge in [-0.2, -0.15) is 0 Å². The number of piperidine rings is 1. The highest BCUT2D eigenvalue weighted by atomic mass is 16.5. The molecular weight excluding hydrogens is 264 g/mol. The van der Waals surface area contributed by atoms with E-state index in [9.17, 15) is 5.11 Å². The monoisotopic (exact) mass is 292 g/mol. The molecule has 0 amide bonds. The van der Waals surface area contributed by atoms with Crippen LogP contribution in [0.4, 0.5) is 5.69 Å². The van der Waals surface area contributed by atoms with Crippen molar-refractivity contribution in [3.8, 4) is 5.75 Å². The molecule has 4 nitrogen and oxygen atoms in total. The van der Waals surface area contributed by atoms with Gasteiger partial charge in [-0.3, -0.25) is 0 Å². The standard InChI is InChI=1S/C17H28N2O2/c1-4-18-13(2)17-15(9-7-10-16(17)21-3)19-11-6-5-8-14(19)12-20/h7,9-10,13-14,18,20H,4-6,8,11-12H2,1-3H3. The fraction of sp³-hybridized carbons (Fsp3) is 0.647. The summed E-state index contributed by atoms with van der Waals surface area (Å²) in [5.74, 6) is 0.920. The maximum Gasteiger partial charge on any atom is 0.125 e. The quantitative estimate of drug-likeness (QED) is 0.846. The second kappa shape index (κ2) is 7.66. The van der Waals surface area contributed by atoms with Gasteiger partial charge >= 0.3 is 0 Å². The van der Waals surface area contributed by atoms with Gasteiger partial charge in [0.05, 0.1) is 19.8 Å². The zero-order valence-corrected chi connectivity index (χ0v) is 13.4. The lowest BCUT2D eigenvalue weighted by molar-refractivity contribution is 0.239. The maximum atomic E-state index is 9.69. The van der Waals surface area contributed by atoms with Crippen molar-refractivity contribution in [2.75, 3.05) is 31.7 Å². The van der Waals surface area contributed by atoms with Crippen LogP contribution in [0.5, 0.6) is 5.75 Å². The number of nitrogens with zero attached hydrogens (tertiary/aromatic N) is 1. The highest BCUT2D eigenvalue weighted by molar-refractivity contribution is 5.61. The molecule has 4 heteroatoms. The Morgan fingerprint density at radius 1 is 1.43 bits per heavy atom. The van der Waals surface area contributed by atoms with Crippen LogP contribution in [0.2, 0.25) is 0 Å². The average Bonchev–Trinajstić information content (AvgIpc) is 2.54. The molecule has 2 atom stereocenters. The molecule has 0 spiro atoms. The van der Waals surface area contributed by atoms with Gasteiger partial charge in [-0.1, -0.05) is 13.0 Å². The van der Waals surface area contributed by atoms with Crippen molar-refractivity contribution in [2.45, 2.75) is 45.2 Å². The molecular formula is C17H28N2O2. The first-order chi connectivity index (χ1) is 10.2. The summed E-state index contributed by atoms with van der Waals surface area (Å²) in [5, 5.41) is 13.2. The Hall–Kier alpha value is -1.26. The van der Waals surface area contributed by atoms with E-state index in [4.69, 9.17) is 4.74 Å². The van der Waals surface area contributed by atoms with Crippen molar-refractivity contribution in [2.24, 2.45) is 0 Å². The van der Waals surface area contributed by atoms with Crippen molar-refractivity contribution < 1.29 is 9.84 Å². The SMILES string of the molecule is CCNC(C)c1c(OC)cccc1N1CCCCC1CO. The molecule has 21 heavy (non-hydrogen) atoms. The van der Waals surface area contributed by atoms with Crippen LogP contribution in [-0.2, 0) is 0 Å². The van der Waals surface area contributed by atoms with E-state index < -0.39 is 0 Å². The molecule has 0 radical (unpaired) electrons. The van der Waals surface area contributed by atoms with Gasteiger partial charge in [-0.25, -0.2) is 0 Å². The maximum absolute atomic E-state index is 9.69. The minimum absolute atomic E-state index is 0.215. The number of methoxy groups -OCH3 is 1. The van der Waals surface area contributed by atoms with Gasteiger partial charge < -0.3 is 20.1 Å². The molecule has 2 unspecified atom stereocenters. The van der Waals surface area contributed by atoms with Gasteiger partial charge in [0.2, 0.25) is 0 Å². The van der Waals surface area contributed by atoms with Gasteiger partial charge in [0.25, 0.3) is 0 Å². The number of benzene rings is 1. The summed E-state index contributed by atoms with van der Waals surface area (Å²) in [5.41, 5.74) is 2.39. The van der Waals surface area contributed by atoms with Crippen LogP contribution in [0, 0.1) is 0 Å². The Morgan fingerprint density at radius 2 is 2.24 bits per heavy atom. The highest BCUT2D eigenvalue weighted by Crippen LogP contribution is 2.37. The molecule has 1 saturated heterocycles. The Morgan fingerprint density at radius 3 is 2.90 bits per heavy atom. The molecule has 1 aromatic rings. The summed E-state index contributed by atoms with van der Waals surface area (Å²) < 4.78 is 5.58. The Bertz CT molecular complexity index is 450. The van der Waals surface area contributed by atoms with Crippen molar-refractivity contribution in [1.82, 2.24) is 5.32 Å². The van der Waals surface area contributed by atoms with E-state index in [0.717, 1.165) is 25.3 Å². The molecule has 0 aliphatic carbocycles. The summed E-state index contributed by atoms with van der Waals surface area (Å²) in [6, 6.07) is 6.66. The van der Waals surface area contributed by atoms with E-state index >= 15 is 0 Å². The first kappa shape index (κ1) is 16.1. The van der Waals surface area contributed by atoms with Crippen molar-refractivity contribution in [1.29, 1.82) is 0 Å². The van der Waals surface area contributed by atoms with E-state index in [1.165, 1.54) is 24.1 Å². The molecule has 2 rings (SSSR count). The van der Waals surface area contributed by atoms with Crippen LogP contribution in [0.25, 0.3) is 0 Å². The average molecular weight is 292 g/mol. The minimum Gasteiger partial charge on any atom is -0.496 e. The number of anilines is 1. The fourth-order valence-corrected chi connectivity index (χ4v) is 3.31. The Kier molecular flexibility index (Phi) is 5.88. The summed E-state index contributed by atoms with van der Waals surface area (Å²) in [6.45, 7) is 6.42. The lowest BCUT2D eigenvalue weighted by Crippen LogP contribution is -2.42. The number of aliphatic hydroxyl groups is 1. The third kappa shape index (κ3) is 3.50. The largest absolute Gasteiger partial charge is 0.496 e. The lowest BCUT2D eigenvalue weighted by Gasteiger charge is -2.38. The van der Waals surface area contributed by atoms with Gasteiger partial charge in [-0.15, -0.1) is 0 Å². The van der Waals surface area contributed by atoms with Crippen LogP contribution in [0.15, 0.2) is 18.2 Å². The van der Waals surface area contributed by atoms with Crippen LogP contribution >= 0.6 is 0 Å². The summed E-state index contributed by atoms with van der Waals surface area (Å²) in [4.78, 5) is 2.36. The molecule has 1 fully saturated rings. The number of ether oxygens (including phenoxy) is 1. The molecule has 1 heterocycles. The fourth-order valence-electron chi connectivity index (χ4n) is 3.31. The van der Waals surface area contributed by atoms with Crippen LogP contribution in [-0.4, -0.2) is 38.0 Å². The molecule has 118 valence electrons. The molecule has 0 bridgehead atoms. The minimum atomic E-state index is 0.215. The second-order valence-electron chi connectivity index (χ2n) is 5.70. The third-order valence-electron chi connectivity index (χ3n) is 4.35. The van der Waals surface area contributed by atoms with Crippen LogP contribution in [0.3, 0.4) is 0 Å². The van der Waals surface area contributed by atoms with E-state index in [2.05, 4.69) is 30.1 Å². The first-order valence-corrected chi connectivity index (χ1v) is 8.00. The molecule has 1 aromatic carbocycles. The van der Waals surface area contributed by atoms with Gasteiger partial charge in [0.15, 0.2) is 0 Å². The molecule has 1 aliphatic heterocycles. The van der Waals surface area contributed by atoms with Gasteiger partial charge in [-0.05, 0) is 44.9 Å². The number of hydrogen-bond acceptors (Lipinski definition) is 4. The zero-order chi connectivity index (χ0) is 15.2. The highest BCUT2D eigenvalue weighted by Gasteiger charge is 2.26. The smallest absolute Gasteiger partial charge is 0.125 e. The second-order valence-corrected chi connectivity index (χ2v) is 5.70. The first-order valence-electron chi connectivity index (χ1n) is 8.00. The van der Waals surface area contributed by atoms with Crippen LogP contribution < -0.4 is 15.0 Å². The Balaban J connectivity index is 2.41. The summed E-state index contributed by atoms with van der Waals surface area (Å²) in [6.07, 6.45) is 3.44. The predicted octanol–water partition coefficient (Wildman–Crippen LogP) is 2.72. The van der Waals surface area contributed by atoms with Gasteiger partial charge in [0.1, 0.15) is 5.75 Å². The topological polar surface area (TPSA) is 44.7 Å². The number of rotatable bonds is 6. The third-order valence-corrected chi connectivity index (χ3v) is 4.35. The number of aliphatic hydroxyl groups excluding tert-OH is 1. The van der Waals surface area contributed by atoms with Crippen LogP contribution in [0.1, 0.15) is 44.7 Å². The predicted molar refractivity (Wildman–Crippen MR) is 87.2 cm³/mol. The molecule has 1 aliphatic rings. The lowest BCUT2D eigenvalue weighted by atomic mass is 9.97. The molecule has 2 N–H and O–H groups in total. The molecule has 0 aromatic heterocycles. The number of hydrogen-bond donors (Lipinski definition) is 2. The zero-order valence-electron chi connectivity index (χ0n) is 13.4. The number of nitrogens with one attached hydrogen (secondary N) is 1. The van der Waals surface area contributed by atoms with E-state index in [1.807, 2.05) is 12.1 Å². The van der Waals surface area contributed by atoms with Gasteiger partial charge in [0, 0.05) is 23.8 Å². The molecule has 0 saturated carbocycles.